The molecular weight excluding hydrogens is 424 g/mol. The van der Waals surface area contributed by atoms with Gasteiger partial charge in [0, 0.05) is 24.4 Å². The number of likely N-dealkylation sites (tertiary alicyclic amines) is 1. The third-order valence-corrected chi connectivity index (χ3v) is 8.60. The third kappa shape index (κ3) is 5.01. The molecule has 2 N–H and O–H groups in total. The summed E-state index contributed by atoms with van der Waals surface area (Å²) in [6.45, 7) is 4.19. The van der Waals surface area contributed by atoms with Gasteiger partial charge in [0.15, 0.2) is 0 Å². The summed E-state index contributed by atoms with van der Waals surface area (Å²) in [6.07, 6.45) is 8.16. The van der Waals surface area contributed by atoms with E-state index in [0.717, 1.165) is 51.2 Å². The summed E-state index contributed by atoms with van der Waals surface area (Å²) in [5.41, 5.74) is 3.03. The van der Waals surface area contributed by atoms with Gasteiger partial charge in [-0.3, -0.25) is 9.69 Å². The zero-order valence-corrected chi connectivity index (χ0v) is 20.2. The molecule has 1 saturated heterocycles. The van der Waals surface area contributed by atoms with Gasteiger partial charge in [0.05, 0.1) is 6.61 Å². The Morgan fingerprint density at radius 3 is 2.38 bits per heavy atom. The molecule has 2 saturated carbocycles. The molecule has 5 heteroatoms. The highest BCUT2D eigenvalue weighted by Crippen LogP contribution is 2.59. The van der Waals surface area contributed by atoms with Gasteiger partial charge in [-0.25, -0.2) is 0 Å². The first kappa shape index (κ1) is 23.4. The van der Waals surface area contributed by atoms with Crippen molar-refractivity contribution in [3.05, 3.63) is 65.7 Å². The lowest BCUT2D eigenvalue weighted by Gasteiger charge is -2.33. The van der Waals surface area contributed by atoms with Crippen molar-refractivity contribution >= 4 is 5.91 Å². The second kappa shape index (κ2) is 10.1. The molecule has 1 spiro atoms. The average Bonchev–Trinajstić information content (AvgIpc) is 3.36. The van der Waals surface area contributed by atoms with Gasteiger partial charge in [0.2, 0.25) is 5.91 Å². The fraction of sp³-hybridized carbons (Fsp3) is 0.552. The minimum Gasteiger partial charge on any atom is -0.491 e. The summed E-state index contributed by atoms with van der Waals surface area (Å²) < 4.78 is 5.45. The van der Waals surface area contributed by atoms with E-state index < -0.39 is 0 Å². The highest BCUT2D eigenvalue weighted by molar-refractivity contribution is 5.82. The largest absolute Gasteiger partial charge is 0.491 e. The number of hydrogen-bond donors (Lipinski definition) is 2. The minimum atomic E-state index is 0.0319. The Kier molecular flexibility index (Phi) is 6.94. The highest BCUT2D eigenvalue weighted by Gasteiger charge is 2.58. The van der Waals surface area contributed by atoms with Crippen LogP contribution in [0.2, 0.25) is 0 Å². The smallest absolute Gasteiger partial charge is 0.223 e. The molecule has 5 nitrogen and oxygen atoms in total. The number of ether oxygens (including phenoxy) is 1. The van der Waals surface area contributed by atoms with Crippen LogP contribution in [0.4, 0.5) is 0 Å². The fourth-order valence-electron chi connectivity index (χ4n) is 6.33. The molecule has 0 bridgehead atoms. The minimum absolute atomic E-state index is 0.0319. The number of amides is 1. The number of hydrogen-bond acceptors (Lipinski definition) is 4. The van der Waals surface area contributed by atoms with Gasteiger partial charge in [-0.1, -0.05) is 55.3 Å². The zero-order valence-electron chi connectivity index (χ0n) is 20.2. The fourth-order valence-corrected chi connectivity index (χ4v) is 6.33. The Morgan fingerprint density at radius 1 is 1.00 bits per heavy atom. The van der Waals surface area contributed by atoms with Crippen molar-refractivity contribution in [2.45, 2.75) is 56.9 Å². The van der Waals surface area contributed by atoms with E-state index in [4.69, 9.17) is 9.84 Å². The lowest BCUT2D eigenvalue weighted by molar-refractivity contribution is -0.123. The Morgan fingerprint density at radius 2 is 1.71 bits per heavy atom. The average molecular weight is 463 g/mol. The Labute approximate surface area is 203 Å². The molecule has 3 aliphatic rings. The van der Waals surface area contributed by atoms with Gasteiger partial charge in [-0.15, -0.1) is 0 Å². The maximum absolute atomic E-state index is 13.1. The number of carbonyl (C=O) groups is 1. The summed E-state index contributed by atoms with van der Waals surface area (Å²) >= 11 is 0. The van der Waals surface area contributed by atoms with Crippen LogP contribution in [0.3, 0.4) is 0 Å². The van der Waals surface area contributed by atoms with Crippen LogP contribution in [-0.4, -0.2) is 48.8 Å². The van der Waals surface area contributed by atoms with Crippen molar-refractivity contribution in [3.63, 3.8) is 0 Å². The quantitative estimate of drug-likeness (QED) is 0.584. The summed E-state index contributed by atoms with van der Waals surface area (Å²) in [6, 6.07) is 19.0. The number of nitrogens with zero attached hydrogens (tertiary/aromatic N) is 1. The van der Waals surface area contributed by atoms with Crippen LogP contribution in [0.25, 0.3) is 0 Å². The molecule has 1 atom stereocenters. The Hall–Kier alpha value is -2.37. The topological polar surface area (TPSA) is 61.8 Å². The van der Waals surface area contributed by atoms with E-state index in [9.17, 15) is 4.79 Å². The molecule has 3 fully saturated rings. The first-order valence-corrected chi connectivity index (χ1v) is 13.0. The highest BCUT2D eigenvalue weighted by atomic mass is 16.5. The molecule has 1 aliphatic heterocycles. The summed E-state index contributed by atoms with van der Waals surface area (Å²) in [4.78, 5) is 15.6. The second-order valence-electron chi connectivity index (χ2n) is 10.7. The normalized spacial score (nSPS) is 23.0. The predicted molar refractivity (Wildman–Crippen MR) is 134 cm³/mol. The van der Waals surface area contributed by atoms with Crippen LogP contribution < -0.4 is 10.1 Å². The van der Waals surface area contributed by atoms with E-state index in [1.54, 1.807) is 0 Å². The van der Waals surface area contributed by atoms with E-state index >= 15 is 0 Å². The Balaban J connectivity index is 1.10. The monoisotopic (exact) mass is 462 g/mol. The van der Waals surface area contributed by atoms with E-state index in [0.29, 0.717) is 6.61 Å². The molecule has 2 aromatic rings. The van der Waals surface area contributed by atoms with Crippen LogP contribution in [-0.2, 0) is 16.8 Å². The number of benzene rings is 2. The van der Waals surface area contributed by atoms with Crippen molar-refractivity contribution in [1.82, 2.24) is 10.2 Å². The van der Waals surface area contributed by atoms with Crippen LogP contribution in [0.5, 0.6) is 5.75 Å². The van der Waals surface area contributed by atoms with Gasteiger partial charge in [-0.2, -0.15) is 0 Å². The maximum atomic E-state index is 13.1. The van der Waals surface area contributed by atoms with Gasteiger partial charge < -0.3 is 15.2 Å². The second-order valence-corrected chi connectivity index (χ2v) is 10.7. The van der Waals surface area contributed by atoms with Gasteiger partial charge >= 0.3 is 0 Å². The van der Waals surface area contributed by atoms with Crippen LogP contribution >= 0.6 is 0 Å². The molecule has 2 aromatic carbocycles. The van der Waals surface area contributed by atoms with Crippen LogP contribution in [0.15, 0.2) is 54.6 Å². The lowest BCUT2D eigenvalue weighted by atomic mass is 9.78. The van der Waals surface area contributed by atoms with Crippen LogP contribution in [0.1, 0.15) is 56.1 Å². The number of carbonyl (C=O) groups excluding carboxylic acids is 1. The summed E-state index contributed by atoms with van der Waals surface area (Å²) in [7, 11) is 0. The number of aliphatic hydroxyl groups excluding tert-OH is 1. The number of piperidine rings is 1. The summed E-state index contributed by atoms with van der Waals surface area (Å²) in [5, 5.41) is 12.3. The van der Waals surface area contributed by atoms with Crippen molar-refractivity contribution < 1.29 is 14.6 Å². The molecule has 1 unspecified atom stereocenters. The number of rotatable bonds is 9. The maximum Gasteiger partial charge on any atom is 0.223 e. The molecule has 34 heavy (non-hydrogen) atoms. The molecule has 2 aliphatic carbocycles. The first-order valence-electron chi connectivity index (χ1n) is 13.0. The first-order chi connectivity index (χ1) is 16.6. The van der Waals surface area contributed by atoms with Crippen LogP contribution in [0, 0.1) is 11.3 Å². The van der Waals surface area contributed by atoms with E-state index in [-0.39, 0.29) is 29.3 Å². The molecule has 0 radical (unpaired) electrons. The van der Waals surface area contributed by atoms with Crippen molar-refractivity contribution in [2.24, 2.45) is 11.3 Å². The number of nitrogens with one attached hydrogen (secondary N) is 1. The standard InChI is InChI=1S/C29H38N2O3/c32-18-19-34-25-10-8-23(9-11-25)21-31-16-14-28(15-17-31)20-26(28)27(33)30-22-29(12-4-5-13-29)24-6-2-1-3-7-24/h1-3,6-11,26,32H,4-5,12-22H2,(H,30,33). The Bertz CT molecular complexity index is 945. The van der Waals surface area contributed by atoms with Gasteiger partial charge in [0.1, 0.15) is 12.4 Å². The molecule has 1 amide bonds. The predicted octanol–water partition coefficient (Wildman–Crippen LogP) is 4.29. The molecule has 182 valence electrons. The SMILES string of the molecule is O=C(NCC1(c2ccccc2)CCCC1)C1CC12CCN(Cc1ccc(OCCO)cc1)CC2. The molecule has 1 heterocycles. The van der Waals surface area contributed by atoms with E-state index in [1.807, 2.05) is 12.1 Å². The van der Waals surface area contributed by atoms with Crippen molar-refractivity contribution in [3.8, 4) is 5.75 Å². The third-order valence-electron chi connectivity index (χ3n) is 8.60. The molecule has 5 rings (SSSR count). The molecule has 0 aromatic heterocycles. The number of aliphatic hydroxyl groups is 1. The van der Waals surface area contributed by atoms with Gasteiger partial charge in [-0.05, 0) is 73.9 Å². The molecular formula is C29H38N2O3. The summed E-state index contributed by atoms with van der Waals surface area (Å²) in [5.74, 6) is 1.29. The zero-order chi connectivity index (χ0) is 23.4. The van der Waals surface area contributed by atoms with Crippen molar-refractivity contribution in [1.29, 1.82) is 0 Å². The van der Waals surface area contributed by atoms with Crippen molar-refractivity contribution in [2.75, 3.05) is 32.8 Å². The van der Waals surface area contributed by atoms with E-state index in [1.165, 1.54) is 36.8 Å². The lowest BCUT2D eigenvalue weighted by Crippen LogP contribution is -2.41. The van der Waals surface area contributed by atoms with Gasteiger partial charge in [0.25, 0.3) is 0 Å². The van der Waals surface area contributed by atoms with E-state index in [2.05, 4.69) is 52.7 Å².